The van der Waals surface area contributed by atoms with Gasteiger partial charge in [0.1, 0.15) is 17.3 Å². The zero-order valence-electron chi connectivity index (χ0n) is 17.7. The second kappa shape index (κ2) is 9.95. The topological polar surface area (TPSA) is 68.2 Å². The van der Waals surface area contributed by atoms with E-state index in [0.717, 1.165) is 15.6 Å². The lowest BCUT2D eigenvalue weighted by atomic mass is 9.98. The van der Waals surface area contributed by atoms with Gasteiger partial charge in [-0.25, -0.2) is 9.40 Å². The summed E-state index contributed by atoms with van der Waals surface area (Å²) in [5.74, 6) is 0.303. The molecule has 0 saturated carbocycles. The number of hydrogen-bond donors (Lipinski definition) is 0. The van der Waals surface area contributed by atoms with Crippen molar-refractivity contribution in [2.75, 3.05) is 13.7 Å². The van der Waals surface area contributed by atoms with Crippen LogP contribution in [0.25, 0.3) is 0 Å². The maximum absolute atomic E-state index is 13.4. The van der Waals surface area contributed by atoms with Gasteiger partial charge < -0.3 is 9.47 Å². The minimum atomic E-state index is -0.368. The van der Waals surface area contributed by atoms with Crippen molar-refractivity contribution < 1.29 is 23.5 Å². The van der Waals surface area contributed by atoms with Crippen molar-refractivity contribution in [2.24, 2.45) is 5.10 Å². The number of aldehydes is 1. The van der Waals surface area contributed by atoms with E-state index in [4.69, 9.17) is 9.47 Å². The van der Waals surface area contributed by atoms with E-state index in [1.807, 2.05) is 24.3 Å². The summed E-state index contributed by atoms with van der Waals surface area (Å²) in [7, 11) is 1.59. The molecule has 1 atom stereocenters. The second-order valence-corrected chi connectivity index (χ2v) is 8.29. The van der Waals surface area contributed by atoms with Crippen LogP contribution in [0.4, 0.5) is 4.39 Å². The Labute approximate surface area is 198 Å². The van der Waals surface area contributed by atoms with Gasteiger partial charge in [0.15, 0.2) is 12.9 Å². The summed E-state index contributed by atoms with van der Waals surface area (Å²) >= 11 is 3.31. The summed E-state index contributed by atoms with van der Waals surface area (Å²) in [6.45, 7) is -0.296. The summed E-state index contributed by atoms with van der Waals surface area (Å²) in [6, 6.07) is 18.0. The predicted molar refractivity (Wildman–Crippen MR) is 125 cm³/mol. The number of hydrogen-bond acceptors (Lipinski definition) is 5. The maximum atomic E-state index is 13.4. The van der Waals surface area contributed by atoms with Crippen molar-refractivity contribution in [2.45, 2.75) is 12.5 Å². The molecule has 3 aromatic carbocycles. The number of nitrogens with zero attached hydrogens (tertiary/aromatic N) is 2. The van der Waals surface area contributed by atoms with Crippen LogP contribution in [0.5, 0.6) is 11.5 Å². The number of carbonyl (C=O) groups excluding carboxylic acids is 2. The van der Waals surface area contributed by atoms with Crippen LogP contribution >= 0.6 is 15.9 Å². The molecule has 0 bridgehead atoms. The fourth-order valence-corrected chi connectivity index (χ4v) is 3.97. The minimum Gasteiger partial charge on any atom is -0.497 e. The molecule has 8 heteroatoms. The normalized spacial score (nSPS) is 15.2. The highest BCUT2D eigenvalue weighted by molar-refractivity contribution is 9.10. The monoisotopic (exact) mass is 510 g/mol. The number of methoxy groups -OCH3 is 1. The Morgan fingerprint density at radius 3 is 2.55 bits per heavy atom. The lowest BCUT2D eigenvalue weighted by Crippen LogP contribution is -2.31. The molecule has 33 heavy (non-hydrogen) atoms. The van der Waals surface area contributed by atoms with Gasteiger partial charge >= 0.3 is 0 Å². The van der Waals surface area contributed by atoms with Crippen LogP contribution in [0.1, 0.15) is 33.9 Å². The van der Waals surface area contributed by atoms with E-state index in [2.05, 4.69) is 21.0 Å². The molecule has 0 saturated heterocycles. The first-order valence-corrected chi connectivity index (χ1v) is 10.9. The Hall–Kier alpha value is -3.52. The summed E-state index contributed by atoms with van der Waals surface area (Å²) < 4.78 is 25.0. The zero-order valence-corrected chi connectivity index (χ0v) is 19.3. The number of hydrazone groups is 1. The van der Waals surface area contributed by atoms with Crippen molar-refractivity contribution in [1.29, 1.82) is 0 Å². The van der Waals surface area contributed by atoms with E-state index >= 15 is 0 Å². The summed E-state index contributed by atoms with van der Waals surface area (Å²) in [6.07, 6.45) is 1.13. The second-order valence-electron chi connectivity index (χ2n) is 7.37. The van der Waals surface area contributed by atoms with Crippen molar-refractivity contribution in [3.8, 4) is 11.5 Å². The Morgan fingerprint density at radius 1 is 1.15 bits per heavy atom. The van der Waals surface area contributed by atoms with E-state index in [0.29, 0.717) is 35.5 Å². The summed E-state index contributed by atoms with van der Waals surface area (Å²) in [5, 5.41) is 5.94. The van der Waals surface area contributed by atoms with Gasteiger partial charge in [0.25, 0.3) is 5.91 Å². The summed E-state index contributed by atoms with van der Waals surface area (Å²) in [4.78, 5) is 24.5. The van der Waals surface area contributed by atoms with Gasteiger partial charge in [-0.15, -0.1) is 0 Å². The third kappa shape index (κ3) is 5.12. The fourth-order valence-electron chi connectivity index (χ4n) is 3.59. The highest BCUT2D eigenvalue weighted by Crippen LogP contribution is 2.34. The van der Waals surface area contributed by atoms with Crippen LogP contribution in [-0.4, -0.2) is 36.6 Å². The lowest BCUT2D eigenvalue weighted by molar-refractivity contribution is -0.135. The Kier molecular flexibility index (Phi) is 6.84. The van der Waals surface area contributed by atoms with E-state index in [1.54, 1.807) is 37.4 Å². The lowest BCUT2D eigenvalue weighted by Gasteiger charge is -2.22. The van der Waals surface area contributed by atoms with Crippen LogP contribution in [0.3, 0.4) is 0 Å². The minimum absolute atomic E-state index is 0.296. The molecular weight excluding hydrogens is 491 g/mol. The average molecular weight is 511 g/mol. The third-order valence-electron chi connectivity index (χ3n) is 5.29. The SMILES string of the molecule is COc1ccc(C2CC(c3ccc(F)cc3)=NN2C(=O)COc2ccc(Br)cc2C=O)cc1. The van der Waals surface area contributed by atoms with Crippen molar-refractivity contribution >= 4 is 33.8 Å². The molecule has 6 nitrogen and oxygen atoms in total. The molecule has 0 aliphatic carbocycles. The van der Waals surface area contributed by atoms with Crippen molar-refractivity contribution in [3.63, 3.8) is 0 Å². The molecule has 1 aliphatic rings. The van der Waals surface area contributed by atoms with Gasteiger partial charge in [-0.3, -0.25) is 9.59 Å². The van der Waals surface area contributed by atoms with Crippen LogP contribution in [0.2, 0.25) is 0 Å². The average Bonchev–Trinajstić information content (AvgIpc) is 3.29. The smallest absolute Gasteiger partial charge is 0.281 e. The number of carbonyl (C=O) groups is 2. The molecule has 3 aromatic rings. The largest absolute Gasteiger partial charge is 0.497 e. The van der Waals surface area contributed by atoms with Crippen LogP contribution in [0, 0.1) is 5.82 Å². The Bertz CT molecular complexity index is 1200. The van der Waals surface area contributed by atoms with Crippen molar-refractivity contribution in [3.05, 3.63) is 93.7 Å². The molecule has 1 aliphatic heterocycles. The molecular formula is C25H20BrFN2O4. The number of rotatable bonds is 7. The first-order valence-electron chi connectivity index (χ1n) is 10.2. The Morgan fingerprint density at radius 2 is 1.88 bits per heavy atom. The summed E-state index contributed by atoms with van der Waals surface area (Å²) in [5.41, 5.74) is 2.62. The standard InChI is InChI=1S/C25H20BrFN2O4/c1-32-21-9-4-17(5-10-21)23-13-22(16-2-7-20(27)8-3-16)28-29(23)25(31)15-33-24-11-6-19(26)12-18(24)14-30/h2-12,14,23H,13,15H2,1H3. The number of amides is 1. The van der Waals surface area contributed by atoms with Gasteiger partial charge in [0.05, 0.1) is 24.4 Å². The number of halogens is 2. The maximum Gasteiger partial charge on any atom is 0.281 e. The predicted octanol–water partition coefficient (Wildman–Crippen LogP) is 5.17. The Balaban J connectivity index is 1.59. The molecule has 1 heterocycles. The van der Waals surface area contributed by atoms with E-state index < -0.39 is 0 Å². The van der Waals surface area contributed by atoms with Gasteiger partial charge in [-0.05, 0) is 53.6 Å². The van der Waals surface area contributed by atoms with Gasteiger partial charge in [-0.2, -0.15) is 5.10 Å². The van der Waals surface area contributed by atoms with Crippen LogP contribution in [0.15, 0.2) is 76.3 Å². The van der Waals surface area contributed by atoms with E-state index in [9.17, 15) is 14.0 Å². The molecule has 0 radical (unpaired) electrons. The molecule has 168 valence electrons. The van der Waals surface area contributed by atoms with Crippen molar-refractivity contribution in [1.82, 2.24) is 5.01 Å². The molecule has 0 N–H and O–H groups in total. The number of ether oxygens (including phenoxy) is 2. The van der Waals surface area contributed by atoms with Gasteiger partial charge in [0, 0.05) is 10.9 Å². The quantitative estimate of drug-likeness (QED) is 0.411. The molecule has 1 amide bonds. The molecule has 1 unspecified atom stereocenters. The molecule has 0 fully saturated rings. The number of benzene rings is 3. The third-order valence-corrected chi connectivity index (χ3v) is 5.79. The molecule has 4 rings (SSSR count). The first-order chi connectivity index (χ1) is 16.0. The zero-order chi connectivity index (χ0) is 23.4. The first kappa shape index (κ1) is 22.7. The van der Waals surface area contributed by atoms with Gasteiger partial charge in [0.2, 0.25) is 0 Å². The highest BCUT2D eigenvalue weighted by atomic mass is 79.9. The van der Waals surface area contributed by atoms with Crippen LogP contribution in [-0.2, 0) is 4.79 Å². The highest BCUT2D eigenvalue weighted by Gasteiger charge is 2.33. The molecule has 0 spiro atoms. The van der Waals surface area contributed by atoms with E-state index in [1.165, 1.54) is 17.1 Å². The van der Waals surface area contributed by atoms with Crippen LogP contribution < -0.4 is 9.47 Å². The van der Waals surface area contributed by atoms with Gasteiger partial charge in [-0.1, -0.05) is 40.2 Å². The van der Waals surface area contributed by atoms with E-state index in [-0.39, 0.29) is 24.4 Å². The molecule has 0 aromatic heterocycles. The fraction of sp³-hybridized carbons (Fsp3) is 0.160.